The lowest BCUT2D eigenvalue weighted by Gasteiger charge is -2.06. The van der Waals surface area contributed by atoms with Crippen molar-refractivity contribution in [1.82, 2.24) is 15.2 Å². The van der Waals surface area contributed by atoms with Crippen LogP contribution in [-0.4, -0.2) is 26.8 Å². The standard InChI is InChI=1S/C16H11BrCl2N4OS/c17-11-4-2-1-3-10(11)15-21-16(23-22-15)25-8-14(24)20-13-7-9(18)5-6-12(13)19/h1-7H,8H2,(H,20,24)(H,21,22,23). The molecule has 0 saturated heterocycles. The van der Waals surface area contributed by atoms with Crippen LogP contribution in [0.2, 0.25) is 10.0 Å². The Morgan fingerprint density at radius 1 is 1.24 bits per heavy atom. The van der Waals surface area contributed by atoms with E-state index in [1.807, 2.05) is 24.3 Å². The minimum atomic E-state index is -0.221. The normalized spacial score (nSPS) is 10.7. The Hall–Kier alpha value is -1.54. The number of thioether (sulfide) groups is 1. The van der Waals surface area contributed by atoms with Gasteiger partial charge in [0.25, 0.3) is 0 Å². The zero-order chi connectivity index (χ0) is 17.8. The Bertz CT molecular complexity index is 919. The number of rotatable bonds is 5. The highest BCUT2D eigenvalue weighted by Crippen LogP contribution is 2.27. The first-order chi connectivity index (χ1) is 12.0. The molecule has 2 N–H and O–H groups in total. The van der Waals surface area contributed by atoms with Gasteiger partial charge in [0.15, 0.2) is 5.82 Å². The molecule has 0 fully saturated rings. The van der Waals surface area contributed by atoms with E-state index in [-0.39, 0.29) is 11.7 Å². The van der Waals surface area contributed by atoms with Gasteiger partial charge in [-0.3, -0.25) is 9.89 Å². The average molecular weight is 458 g/mol. The Morgan fingerprint density at radius 2 is 2.04 bits per heavy atom. The van der Waals surface area contributed by atoms with Crippen molar-refractivity contribution in [2.75, 3.05) is 11.1 Å². The predicted molar refractivity (Wildman–Crippen MR) is 105 cm³/mol. The highest BCUT2D eigenvalue weighted by atomic mass is 79.9. The molecule has 0 atom stereocenters. The van der Waals surface area contributed by atoms with Gasteiger partial charge >= 0.3 is 0 Å². The Balaban J connectivity index is 1.61. The molecule has 3 rings (SSSR count). The molecular weight excluding hydrogens is 447 g/mol. The van der Waals surface area contributed by atoms with Crippen LogP contribution in [0.5, 0.6) is 0 Å². The molecule has 0 aliphatic heterocycles. The van der Waals surface area contributed by atoms with Crippen molar-refractivity contribution in [2.24, 2.45) is 0 Å². The summed E-state index contributed by atoms with van der Waals surface area (Å²) >= 11 is 16.6. The van der Waals surface area contributed by atoms with Gasteiger partial charge in [-0.15, -0.1) is 5.10 Å². The molecule has 0 radical (unpaired) electrons. The molecule has 1 heterocycles. The SMILES string of the molecule is O=C(CSc1n[nH]c(-c2ccccc2Br)n1)Nc1cc(Cl)ccc1Cl. The first-order valence-electron chi connectivity index (χ1n) is 7.08. The predicted octanol–water partition coefficient (Wildman–Crippen LogP) is 5.27. The highest BCUT2D eigenvalue weighted by molar-refractivity contribution is 9.10. The maximum atomic E-state index is 12.1. The van der Waals surface area contributed by atoms with Gasteiger partial charge in [-0.1, -0.05) is 69.1 Å². The lowest BCUT2D eigenvalue weighted by atomic mass is 10.2. The molecule has 5 nitrogen and oxygen atoms in total. The van der Waals surface area contributed by atoms with E-state index in [0.29, 0.717) is 26.7 Å². The summed E-state index contributed by atoms with van der Waals surface area (Å²) in [6, 6.07) is 12.6. The number of H-pyrrole nitrogens is 1. The fourth-order valence-electron chi connectivity index (χ4n) is 1.99. The average Bonchev–Trinajstić information content (AvgIpc) is 3.05. The van der Waals surface area contributed by atoms with Crippen molar-refractivity contribution in [2.45, 2.75) is 5.16 Å². The van der Waals surface area contributed by atoms with Gasteiger partial charge in [0.1, 0.15) is 0 Å². The Kier molecular flexibility index (Phi) is 6.01. The van der Waals surface area contributed by atoms with Crippen LogP contribution >= 0.6 is 50.9 Å². The number of aromatic amines is 1. The zero-order valence-corrected chi connectivity index (χ0v) is 16.5. The number of amides is 1. The molecule has 1 amide bonds. The molecule has 9 heteroatoms. The van der Waals surface area contributed by atoms with E-state index >= 15 is 0 Å². The molecule has 1 aromatic heterocycles. The number of hydrogen-bond donors (Lipinski definition) is 2. The molecular formula is C16H11BrCl2N4OS. The fourth-order valence-corrected chi connectivity index (χ4v) is 3.40. The van der Waals surface area contributed by atoms with Crippen molar-refractivity contribution in [1.29, 1.82) is 0 Å². The number of nitrogens with zero attached hydrogens (tertiary/aromatic N) is 2. The van der Waals surface area contributed by atoms with Crippen molar-refractivity contribution in [3.05, 3.63) is 57.0 Å². The third-order valence-electron chi connectivity index (χ3n) is 3.13. The molecule has 0 aliphatic rings. The molecule has 0 spiro atoms. The van der Waals surface area contributed by atoms with Crippen molar-refractivity contribution in [3.8, 4) is 11.4 Å². The fraction of sp³-hybridized carbons (Fsp3) is 0.0625. The van der Waals surface area contributed by atoms with Crippen LogP contribution in [-0.2, 0) is 4.79 Å². The molecule has 128 valence electrons. The molecule has 0 bridgehead atoms. The van der Waals surface area contributed by atoms with Crippen LogP contribution in [0.15, 0.2) is 52.1 Å². The Labute approximate surface area is 166 Å². The lowest BCUT2D eigenvalue weighted by molar-refractivity contribution is -0.113. The van der Waals surface area contributed by atoms with Crippen LogP contribution in [0.25, 0.3) is 11.4 Å². The number of hydrogen-bond acceptors (Lipinski definition) is 4. The monoisotopic (exact) mass is 456 g/mol. The highest BCUT2D eigenvalue weighted by Gasteiger charge is 2.12. The largest absolute Gasteiger partial charge is 0.324 e. The number of benzene rings is 2. The van der Waals surface area contributed by atoms with E-state index in [4.69, 9.17) is 23.2 Å². The van der Waals surface area contributed by atoms with E-state index in [1.165, 1.54) is 11.8 Å². The minimum Gasteiger partial charge on any atom is -0.324 e. The second-order valence-corrected chi connectivity index (χ2v) is 7.55. The zero-order valence-electron chi connectivity index (χ0n) is 12.6. The summed E-state index contributed by atoms with van der Waals surface area (Å²) in [6.07, 6.45) is 0. The first-order valence-corrected chi connectivity index (χ1v) is 9.61. The van der Waals surface area contributed by atoms with Gasteiger partial charge in [-0.25, -0.2) is 4.98 Å². The number of halogens is 3. The number of carbonyl (C=O) groups is 1. The second kappa shape index (κ2) is 8.23. The quantitative estimate of drug-likeness (QED) is 0.512. The molecule has 0 saturated carbocycles. The molecule has 0 aliphatic carbocycles. The third-order valence-corrected chi connectivity index (χ3v) is 5.23. The van der Waals surface area contributed by atoms with Gasteiger partial charge in [-0.05, 0) is 24.3 Å². The molecule has 2 aromatic carbocycles. The van der Waals surface area contributed by atoms with Gasteiger partial charge < -0.3 is 5.32 Å². The molecule has 25 heavy (non-hydrogen) atoms. The lowest BCUT2D eigenvalue weighted by Crippen LogP contribution is -2.14. The third kappa shape index (κ3) is 4.76. The number of nitrogens with one attached hydrogen (secondary N) is 2. The summed E-state index contributed by atoms with van der Waals surface area (Å²) < 4.78 is 0.913. The summed E-state index contributed by atoms with van der Waals surface area (Å²) in [5.41, 5.74) is 1.38. The maximum absolute atomic E-state index is 12.1. The summed E-state index contributed by atoms with van der Waals surface area (Å²) in [6.45, 7) is 0. The summed E-state index contributed by atoms with van der Waals surface area (Å²) in [4.78, 5) is 16.5. The van der Waals surface area contributed by atoms with Crippen LogP contribution in [0.4, 0.5) is 5.69 Å². The first kappa shape index (κ1) is 18.3. The van der Waals surface area contributed by atoms with E-state index in [2.05, 4.69) is 36.4 Å². The van der Waals surface area contributed by atoms with Gasteiger partial charge in [-0.2, -0.15) is 0 Å². The van der Waals surface area contributed by atoms with Gasteiger partial charge in [0.05, 0.1) is 16.5 Å². The number of carbonyl (C=O) groups excluding carboxylic acids is 1. The van der Waals surface area contributed by atoms with E-state index < -0.39 is 0 Å². The van der Waals surface area contributed by atoms with Crippen molar-refractivity contribution < 1.29 is 4.79 Å². The van der Waals surface area contributed by atoms with Crippen molar-refractivity contribution in [3.63, 3.8) is 0 Å². The smallest absolute Gasteiger partial charge is 0.234 e. The van der Waals surface area contributed by atoms with E-state index in [9.17, 15) is 4.79 Å². The van der Waals surface area contributed by atoms with Gasteiger partial charge in [0.2, 0.25) is 11.1 Å². The molecule has 3 aromatic rings. The van der Waals surface area contributed by atoms with Crippen LogP contribution in [0, 0.1) is 0 Å². The minimum absolute atomic E-state index is 0.149. The Morgan fingerprint density at radius 3 is 2.84 bits per heavy atom. The second-order valence-electron chi connectivity index (χ2n) is 4.91. The van der Waals surface area contributed by atoms with Crippen LogP contribution < -0.4 is 5.32 Å². The summed E-state index contributed by atoms with van der Waals surface area (Å²) in [5.74, 6) is 0.561. The van der Waals surface area contributed by atoms with Crippen molar-refractivity contribution >= 4 is 62.5 Å². The molecule has 0 unspecified atom stereocenters. The number of aromatic nitrogens is 3. The topological polar surface area (TPSA) is 70.7 Å². The van der Waals surface area contributed by atoms with Crippen LogP contribution in [0.3, 0.4) is 0 Å². The summed E-state index contributed by atoms with van der Waals surface area (Å²) in [7, 11) is 0. The van der Waals surface area contributed by atoms with Crippen LogP contribution in [0.1, 0.15) is 0 Å². The van der Waals surface area contributed by atoms with E-state index in [0.717, 1.165) is 10.0 Å². The number of anilines is 1. The van der Waals surface area contributed by atoms with Gasteiger partial charge in [0, 0.05) is 15.1 Å². The maximum Gasteiger partial charge on any atom is 0.234 e. The van der Waals surface area contributed by atoms with E-state index in [1.54, 1.807) is 18.2 Å². The summed E-state index contributed by atoms with van der Waals surface area (Å²) in [5, 5.41) is 11.1.